The molecular formula is C27H25F6N5O2. The topological polar surface area (TPSA) is 63.5 Å². The number of anilines is 1. The van der Waals surface area contributed by atoms with Crippen LogP contribution in [0.3, 0.4) is 0 Å². The molecule has 13 heteroatoms. The van der Waals surface area contributed by atoms with Crippen molar-refractivity contribution < 1.29 is 35.9 Å². The van der Waals surface area contributed by atoms with Gasteiger partial charge in [-0.05, 0) is 41.0 Å². The number of aryl methyl sites for hydroxylation is 1. The third kappa shape index (κ3) is 4.35. The number of alkyl halides is 6. The van der Waals surface area contributed by atoms with Crippen LogP contribution in [-0.2, 0) is 36.5 Å². The standard InChI is InChI=1S/C27H25F6N5O2/c1-36-14-34-35-24(36)22(28)26(12-40-13-26)17-3-2-4-18(7-17)38-11-20-19(25(38)39)5-15(6-21(20)27(31,32)33)8-37-9-16(10-37)23(29)30/h2-7,14,16,22-23H,8-13H2,1H3/t22-/m1/s1. The van der Waals surface area contributed by atoms with Crippen LogP contribution in [0.4, 0.5) is 32.0 Å². The Labute approximate surface area is 225 Å². The number of nitrogens with zero attached hydrogens (tertiary/aromatic N) is 5. The van der Waals surface area contributed by atoms with Crippen LogP contribution in [0.15, 0.2) is 42.7 Å². The number of fused-ring (bicyclic) bond motifs is 1. The number of benzene rings is 2. The lowest BCUT2D eigenvalue weighted by Crippen LogP contribution is -2.50. The number of halogens is 6. The summed E-state index contributed by atoms with van der Waals surface area (Å²) in [7, 11) is 1.62. The largest absolute Gasteiger partial charge is 0.416 e. The summed E-state index contributed by atoms with van der Waals surface area (Å²) in [6.07, 6.45) is -7.38. The maximum Gasteiger partial charge on any atom is 0.416 e. The molecule has 3 aliphatic rings. The second kappa shape index (κ2) is 9.58. The Kier molecular flexibility index (Phi) is 6.41. The first-order valence-electron chi connectivity index (χ1n) is 12.7. The monoisotopic (exact) mass is 565 g/mol. The predicted molar refractivity (Wildman–Crippen MR) is 131 cm³/mol. The summed E-state index contributed by atoms with van der Waals surface area (Å²) >= 11 is 0. The summed E-state index contributed by atoms with van der Waals surface area (Å²) in [5.74, 6) is -1.30. The van der Waals surface area contributed by atoms with Gasteiger partial charge in [-0.1, -0.05) is 12.1 Å². The predicted octanol–water partition coefficient (Wildman–Crippen LogP) is 4.67. The first-order chi connectivity index (χ1) is 19.0. The lowest BCUT2D eigenvalue weighted by atomic mass is 9.74. The zero-order valence-electron chi connectivity index (χ0n) is 21.3. The van der Waals surface area contributed by atoms with Gasteiger partial charge in [0.15, 0.2) is 12.0 Å². The molecule has 2 fully saturated rings. The van der Waals surface area contributed by atoms with Crippen LogP contribution < -0.4 is 4.90 Å². The van der Waals surface area contributed by atoms with Gasteiger partial charge in [-0.25, -0.2) is 13.2 Å². The number of ether oxygens (including phenoxy) is 1. The Hall–Kier alpha value is -3.45. The van der Waals surface area contributed by atoms with Crippen molar-refractivity contribution in [2.45, 2.75) is 37.3 Å². The second-order valence-electron chi connectivity index (χ2n) is 10.7. The van der Waals surface area contributed by atoms with E-state index in [2.05, 4.69) is 10.2 Å². The fourth-order valence-electron chi connectivity index (χ4n) is 5.71. The zero-order valence-corrected chi connectivity index (χ0v) is 21.3. The zero-order chi connectivity index (χ0) is 28.4. The summed E-state index contributed by atoms with van der Waals surface area (Å²) in [6, 6.07) is 8.94. The number of carbonyl (C=O) groups excluding carboxylic acids is 1. The van der Waals surface area contributed by atoms with E-state index in [-0.39, 0.29) is 61.9 Å². The molecule has 1 atom stereocenters. The Bertz CT molecular complexity index is 1450. The summed E-state index contributed by atoms with van der Waals surface area (Å²) in [5, 5.41) is 7.63. The highest BCUT2D eigenvalue weighted by molar-refractivity contribution is 6.10. The van der Waals surface area contributed by atoms with Gasteiger partial charge in [0.25, 0.3) is 5.91 Å². The van der Waals surface area contributed by atoms with Crippen LogP contribution in [0.2, 0.25) is 0 Å². The number of likely N-dealkylation sites (tertiary alicyclic amines) is 1. The normalized spacial score (nSPS) is 20.0. The van der Waals surface area contributed by atoms with Crippen LogP contribution in [0.5, 0.6) is 0 Å². The molecule has 0 radical (unpaired) electrons. The summed E-state index contributed by atoms with van der Waals surface area (Å²) in [4.78, 5) is 16.3. The molecule has 0 unspecified atom stereocenters. The third-order valence-electron chi connectivity index (χ3n) is 8.07. The van der Waals surface area contributed by atoms with E-state index >= 15 is 4.39 Å². The Morgan fingerprint density at radius 2 is 1.88 bits per heavy atom. The molecule has 1 aromatic heterocycles. The van der Waals surface area contributed by atoms with Crippen molar-refractivity contribution in [2.24, 2.45) is 13.0 Å². The van der Waals surface area contributed by atoms with E-state index < -0.39 is 41.6 Å². The van der Waals surface area contributed by atoms with Gasteiger partial charge >= 0.3 is 6.18 Å². The van der Waals surface area contributed by atoms with Crippen molar-refractivity contribution in [3.05, 3.63) is 76.4 Å². The molecule has 4 heterocycles. The molecule has 6 rings (SSSR count). The van der Waals surface area contributed by atoms with Crippen molar-refractivity contribution in [1.82, 2.24) is 19.7 Å². The van der Waals surface area contributed by atoms with Gasteiger partial charge in [-0.3, -0.25) is 9.69 Å². The van der Waals surface area contributed by atoms with Crippen LogP contribution in [-0.4, -0.2) is 58.3 Å². The van der Waals surface area contributed by atoms with Crippen molar-refractivity contribution >= 4 is 11.6 Å². The van der Waals surface area contributed by atoms with E-state index in [1.165, 1.54) is 21.9 Å². The molecule has 7 nitrogen and oxygen atoms in total. The fourth-order valence-corrected chi connectivity index (χ4v) is 5.71. The fraction of sp³-hybridized carbons (Fsp3) is 0.444. The van der Waals surface area contributed by atoms with Crippen molar-refractivity contribution in [2.75, 3.05) is 31.2 Å². The van der Waals surface area contributed by atoms with E-state index in [4.69, 9.17) is 4.74 Å². The molecule has 0 saturated carbocycles. The van der Waals surface area contributed by atoms with Crippen LogP contribution >= 0.6 is 0 Å². The molecule has 2 aromatic carbocycles. The minimum absolute atomic E-state index is 0.0325. The first-order valence-corrected chi connectivity index (χ1v) is 12.7. The molecule has 1 amide bonds. The number of aromatic nitrogens is 3. The summed E-state index contributed by atoms with van der Waals surface area (Å²) < 4.78 is 90.6. The number of rotatable bonds is 7. The van der Waals surface area contributed by atoms with Gasteiger partial charge in [-0.15, -0.1) is 10.2 Å². The van der Waals surface area contributed by atoms with Gasteiger partial charge in [0.05, 0.1) is 30.7 Å². The molecule has 0 aliphatic carbocycles. The highest BCUT2D eigenvalue weighted by Gasteiger charge is 2.51. The lowest BCUT2D eigenvalue weighted by molar-refractivity contribution is -0.138. The Morgan fingerprint density at radius 1 is 1.12 bits per heavy atom. The summed E-state index contributed by atoms with van der Waals surface area (Å²) in [6.45, 7) is 0.00350. The molecule has 212 valence electrons. The molecule has 3 aromatic rings. The quantitative estimate of drug-likeness (QED) is 0.390. The van der Waals surface area contributed by atoms with E-state index in [1.807, 2.05) is 0 Å². The number of hydrogen-bond acceptors (Lipinski definition) is 5. The minimum Gasteiger partial charge on any atom is -0.379 e. The van der Waals surface area contributed by atoms with Crippen molar-refractivity contribution in [3.63, 3.8) is 0 Å². The first kappa shape index (κ1) is 26.8. The number of hydrogen-bond donors (Lipinski definition) is 0. The third-order valence-corrected chi connectivity index (χ3v) is 8.07. The molecule has 2 saturated heterocycles. The molecular weight excluding hydrogens is 540 g/mol. The highest BCUT2D eigenvalue weighted by Crippen LogP contribution is 2.47. The highest BCUT2D eigenvalue weighted by atomic mass is 19.4. The van der Waals surface area contributed by atoms with Crippen LogP contribution in [0.25, 0.3) is 0 Å². The van der Waals surface area contributed by atoms with Crippen LogP contribution in [0.1, 0.15) is 44.6 Å². The molecule has 0 bridgehead atoms. The Morgan fingerprint density at radius 3 is 2.48 bits per heavy atom. The van der Waals surface area contributed by atoms with Crippen LogP contribution in [0, 0.1) is 5.92 Å². The maximum absolute atomic E-state index is 15.8. The van der Waals surface area contributed by atoms with E-state index in [0.717, 1.165) is 6.07 Å². The molecule has 40 heavy (non-hydrogen) atoms. The van der Waals surface area contributed by atoms with E-state index in [0.29, 0.717) is 11.3 Å². The van der Waals surface area contributed by atoms with Gasteiger partial charge in [0.2, 0.25) is 6.43 Å². The van der Waals surface area contributed by atoms with Gasteiger partial charge in [0.1, 0.15) is 6.33 Å². The lowest BCUT2D eigenvalue weighted by Gasteiger charge is -2.43. The van der Waals surface area contributed by atoms with E-state index in [9.17, 15) is 26.7 Å². The number of amides is 1. The van der Waals surface area contributed by atoms with Crippen molar-refractivity contribution in [1.29, 1.82) is 0 Å². The molecule has 3 aliphatic heterocycles. The molecule has 0 spiro atoms. The maximum atomic E-state index is 15.8. The second-order valence-corrected chi connectivity index (χ2v) is 10.7. The number of carbonyl (C=O) groups is 1. The van der Waals surface area contributed by atoms with Gasteiger partial charge in [0, 0.05) is 43.9 Å². The van der Waals surface area contributed by atoms with E-state index in [1.54, 1.807) is 36.2 Å². The Balaban J connectivity index is 1.30. The van der Waals surface area contributed by atoms with Gasteiger partial charge in [-0.2, -0.15) is 13.2 Å². The minimum atomic E-state index is -4.72. The summed E-state index contributed by atoms with van der Waals surface area (Å²) in [5.41, 5.74) is -1.16. The SMILES string of the molecule is Cn1cnnc1[C@@H](F)C1(c2cccc(N3Cc4c(cc(CN5CC(C(F)F)C5)cc4C(F)(F)F)C3=O)c2)COC1. The van der Waals surface area contributed by atoms with Crippen molar-refractivity contribution in [3.8, 4) is 0 Å². The molecule has 0 N–H and O–H groups in total. The average molecular weight is 566 g/mol. The smallest absolute Gasteiger partial charge is 0.379 e. The average Bonchev–Trinajstić information content (AvgIpc) is 3.42. The van der Waals surface area contributed by atoms with Gasteiger partial charge < -0.3 is 14.2 Å².